The molecule has 0 bridgehead atoms. The molecule has 4 heteroatoms. The zero-order valence-corrected chi connectivity index (χ0v) is 9.45. The summed E-state index contributed by atoms with van der Waals surface area (Å²) in [5.74, 6) is 0. The molecule has 24 valence electrons. The number of hydrogen-bond donors (Lipinski definition) is 0. The summed E-state index contributed by atoms with van der Waals surface area (Å²) >= 11 is 0. The average Bonchev–Trinajstić information content (AvgIpc) is 0. The van der Waals surface area contributed by atoms with Crippen molar-refractivity contribution in [1.82, 2.24) is 0 Å². The second kappa shape index (κ2) is 16.5. The molecule has 0 aromatic carbocycles. The first-order valence-electron chi connectivity index (χ1n) is 0. The summed E-state index contributed by atoms with van der Waals surface area (Å²) in [6, 6.07) is 0. The third-order valence-corrected chi connectivity index (χ3v) is 0. The van der Waals surface area contributed by atoms with Crippen LogP contribution in [-0.4, -0.2) is 0 Å². The Labute approximate surface area is 90.9 Å². The van der Waals surface area contributed by atoms with Gasteiger partial charge in [-0.1, -0.05) is 0 Å². The molecule has 0 atom stereocenters. The Kier molecular flexibility index (Phi) is 114. The monoisotopic (exact) mass is 338 g/mol. The molecule has 0 aliphatic carbocycles. The standard InChI is InChI=1S/Ag.Nb.Ti.Zr. The predicted octanol–water partition coefficient (Wildman–Crippen LogP) is -0.0100. The van der Waals surface area contributed by atoms with Gasteiger partial charge in [0.2, 0.25) is 0 Å². The van der Waals surface area contributed by atoms with E-state index in [1.807, 2.05) is 0 Å². The van der Waals surface area contributed by atoms with Crippen molar-refractivity contribution in [3.05, 3.63) is 0 Å². The second-order valence-electron chi connectivity index (χ2n) is 0. The van der Waals surface area contributed by atoms with Crippen LogP contribution in [0.3, 0.4) is 0 Å². The quantitative estimate of drug-likeness (QED) is 0.545. The molecular formula is AgNbTiZr. The largest absolute Gasteiger partial charge is 0 e. The zero-order chi connectivity index (χ0) is 0. The van der Waals surface area contributed by atoms with Crippen LogP contribution in [0, 0.1) is 0 Å². The van der Waals surface area contributed by atoms with Crippen molar-refractivity contribution in [2.24, 2.45) is 0 Å². The van der Waals surface area contributed by atoms with E-state index >= 15 is 0 Å². The molecule has 2 radical (unpaired) electrons. The Morgan fingerprint density at radius 1 is 1.00 bits per heavy atom. The van der Waals surface area contributed by atoms with Crippen LogP contribution in [0.1, 0.15) is 0 Å². The van der Waals surface area contributed by atoms with Gasteiger partial charge in [-0.25, -0.2) is 0 Å². The molecule has 0 saturated carbocycles. The van der Waals surface area contributed by atoms with Crippen molar-refractivity contribution < 1.29 is 92.7 Å². The summed E-state index contributed by atoms with van der Waals surface area (Å²) in [4.78, 5) is 0. The second-order valence-corrected chi connectivity index (χ2v) is 0. The summed E-state index contributed by atoms with van der Waals surface area (Å²) < 4.78 is 0. The average molecular weight is 340 g/mol. The normalized spacial score (nSPS) is 0. The van der Waals surface area contributed by atoms with Gasteiger partial charge in [0.05, 0.1) is 0 Å². The van der Waals surface area contributed by atoms with Crippen molar-refractivity contribution in [2.75, 3.05) is 0 Å². The molecule has 0 aliphatic rings. The minimum Gasteiger partial charge on any atom is 0 e. The fraction of sp³-hybridized carbons (Fsp3) is 0. The minimum absolute atomic E-state index is 0. The van der Waals surface area contributed by atoms with Crippen LogP contribution in [0.4, 0.5) is 0 Å². The summed E-state index contributed by atoms with van der Waals surface area (Å²) in [6.45, 7) is 0. The smallest absolute Gasteiger partial charge is 0 e. The Morgan fingerprint density at radius 3 is 1.00 bits per heavy atom. The van der Waals surface area contributed by atoms with Crippen LogP contribution in [0.5, 0.6) is 0 Å². The van der Waals surface area contributed by atoms with Gasteiger partial charge < -0.3 is 0 Å². The van der Waals surface area contributed by atoms with Gasteiger partial charge in [-0.2, -0.15) is 0 Å². The Hall–Kier alpha value is 3.08. The van der Waals surface area contributed by atoms with Gasteiger partial charge in [0.25, 0.3) is 0 Å². The molecule has 0 aliphatic heterocycles. The molecular weight excluding hydrogens is 340 g/mol. The zero-order valence-electron chi connectivity index (χ0n) is 1.75. The van der Waals surface area contributed by atoms with Gasteiger partial charge in [0.15, 0.2) is 0 Å². The maximum atomic E-state index is 0. The van der Waals surface area contributed by atoms with Crippen molar-refractivity contribution in [1.29, 1.82) is 0 Å². The molecule has 0 aromatic rings. The molecule has 0 rings (SSSR count). The molecule has 0 heterocycles. The topological polar surface area (TPSA) is 0 Å². The molecule has 0 saturated heterocycles. The van der Waals surface area contributed by atoms with E-state index in [9.17, 15) is 0 Å². The van der Waals surface area contributed by atoms with Crippen LogP contribution in [0.25, 0.3) is 0 Å². The van der Waals surface area contributed by atoms with Crippen LogP contribution in [-0.2, 0) is 92.7 Å². The third kappa shape index (κ3) is 8.91. The van der Waals surface area contributed by atoms with Crippen LogP contribution in [0.15, 0.2) is 0 Å². The van der Waals surface area contributed by atoms with E-state index in [0.29, 0.717) is 0 Å². The van der Waals surface area contributed by atoms with Crippen LogP contribution < -0.4 is 0 Å². The van der Waals surface area contributed by atoms with E-state index in [1.165, 1.54) is 0 Å². The maximum Gasteiger partial charge on any atom is 0 e. The SMILES string of the molecule is [Ag].[Nb].[Ti].[Zr]. The van der Waals surface area contributed by atoms with Gasteiger partial charge in [0, 0.05) is 92.7 Å². The third-order valence-electron chi connectivity index (χ3n) is 0. The molecule has 0 amide bonds. The van der Waals surface area contributed by atoms with E-state index in [4.69, 9.17) is 0 Å². The number of rotatable bonds is 0. The molecule has 0 unspecified atom stereocenters. The molecule has 0 N–H and O–H groups in total. The van der Waals surface area contributed by atoms with Crippen molar-refractivity contribution in [3.63, 3.8) is 0 Å². The first-order chi connectivity index (χ1) is 0. The van der Waals surface area contributed by atoms with Gasteiger partial charge in [-0.3, -0.25) is 0 Å². The van der Waals surface area contributed by atoms with Gasteiger partial charge in [0.1, 0.15) is 0 Å². The van der Waals surface area contributed by atoms with E-state index < -0.39 is 0 Å². The first kappa shape index (κ1) is 27.6. The Morgan fingerprint density at radius 2 is 1.00 bits per heavy atom. The van der Waals surface area contributed by atoms with Crippen LogP contribution in [0.2, 0.25) is 0 Å². The van der Waals surface area contributed by atoms with Crippen LogP contribution >= 0.6 is 0 Å². The Bertz CT molecular complexity index is 8.00. The maximum absolute atomic E-state index is 0. The Balaban J connectivity index is 0. The van der Waals surface area contributed by atoms with Gasteiger partial charge >= 0.3 is 0 Å². The molecule has 0 fully saturated rings. The minimum atomic E-state index is 0. The number of hydrogen-bond acceptors (Lipinski definition) is 0. The summed E-state index contributed by atoms with van der Waals surface area (Å²) in [5.41, 5.74) is 0. The molecule has 0 spiro atoms. The molecule has 0 nitrogen and oxygen atoms in total. The van der Waals surface area contributed by atoms with Crippen molar-refractivity contribution in [2.45, 2.75) is 0 Å². The van der Waals surface area contributed by atoms with Crippen molar-refractivity contribution in [3.8, 4) is 0 Å². The first-order valence-corrected chi connectivity index (χ1v) is 0. The van der Waals surface area contributed by atoms with E-state index in [0.717, 1.165) is 0 Å². The fourth-order valence-electron chi connectivity index (χ4n) is 0. The van der Waals surface area contributed by atoms with E-state index in [-0.39, 0.29) is 92.7 Å². The van der Waals surface area contributed by atoms with Crippen molar-refractivity contribution >= 4 is 0 Å². The summed E-state index contributed by atoms with van der Waals surface area (Å²) in [5, 5.41) is 0. The van der Waals surface area contributed by atoms with E-state index in [1.54, 1.807) is 0 Å². The van der Waals surface area contributed by atoms with Gasteiger partial charge in [-0.05, 0) is 0 Å². The summed E-state index contributed by atoms with van der Waals surface area (Å²) in [7, 11) is 0. The molecule has 4 heavy (non-hydrogen) atoms. The fourth-order valence-corrected chi connectivity index (χ4v) is 0. The van der Waals surface area contributed by atoms with E-state index in [2.05, 4.69) is 0 Å². The predicted molar refractivity (Wildman–Crippen MR) is 0 cm³/mol. The van der Waals surface area contributed by atoms with Gasteiger partial charge in [-0.15, -0.1) is 0 Å². The summed E-state index contributed by atoms with van der Waals surface area (Å²) in [6.07, 6.45) is 0. The molecule has 0 aromatic heterocycles.